The third-order valence-corrected chi connectivity index (χ3v) is 6.62. The molecule has 1 spiro atoms. The van der Waals surface area contributed by atoms with Crippen molar-refractivity contribution in [3.8, 4) is 0 Å². The van der Waals surface area contributed by atoms with E-state index in [9.17, 15) is 18.8 Å². The highest BCUT2D eigenvalue weighted by Crippen LogP contribution is 2.38. The molecule has 2 saturated heterocycles. The van der Waals surface area contributed by atoms with E-state index in [1.54, 1.807) is 17.0 Å². The highest BCUT2D eigenvalue weighted by molar-refractivity contribution is 6.09. The molecule has 3 fully saturated rings. The van der Waals surface area contributed by atoms with Gasteiger partial charge in [-0.25, -0.2) is 9.18 Å². The van der Waals surface area contributed by atoms with Gasteiger partial charge < -0.3 is 15.1 Å². The number of carbonyl (C=O) groups excluding carboxylic acids is 3. The molecule has 2 atom stereocenters. The summed E-state index contributed by atoms with van der Waals surface area (Å²) in [7, 11) is 0. The van der Waals surface area contributed by atoms with Crippen LogP contribution < -0.4 is 10.2 Å². The fourth-order valence-electron chi connectivity index (χ4n) is 4.74. The molecular weight excluding hydrogens is 375 g/mol. The Hall–Kier alpha value is -2.64. The molecule has 1 aliphatic carbocycles. The van der Waals surface area contributed by atoms with Crippen LogP contribution in [0.25, 0.3) is 0 Å². The Morgan fingerprint density at radius 3 is 2.48 bits per heavy atom. The number of amides is 4. The van der Waals surface area contributed by atoms with Gasteiger partial charge >= 0.3 is 6.03 Å². The molecule has 29 heavy (non-hydrogen) atoms. The molecule has 8 heteroatoms. The van der Waals surface area contributed by atoms with Gasteiger partial charge in [-0.1, -0.05) is 19.8 Å². The lowest BCUT2D eigenvalue weighted by atomic mass is 9.73. The van der Waals surface area contributed by atoms with Crippen LogP contribution >= 0.6 is 0 Å². The molecule has 156 valence electrons. The number of piperazine rings is 1. The Labute approximate surface area is 169 Å². The second kappa shape index (κ2) is 7.65. The quantitative estimate of drug-likeness (QED) is 0.785. The van der Waals surface area contributed by atoms with E-state index in [1.807, 2.05) is 6.92 Å². The lowest BCUT2D eigenvalue weighted by molar-refractivity contribution is -0.140. The molecule has 7 nitrogen and oxygen atoms in total. The van der Waals surface area contributed by atoms with Crippen molar-refractivity contribution in [3.05, 3.63) is 30.1 Å². The summed E-state index contributed by atoms with van der Waals surface area (Å²) in [4.78, 5) is 43.1. The van der Waals surface area contributed by atoms with Crippen molar-refractivity contribution in [2.75, 3.05) is 37.6 Å². The van der Waals surface area contributed by atoms with Gasteiger partial charge in [0.05, 0.1) is 0 Å². The minimum Gasteiger partial charge on any atom is -0.368 e. The molecule has 0 unspecified atom stereocenters. The standard InChI is InChI=1S/C21H27FN4O3/c1-15-4-2-3-9-21(15)19(28)26(20(29)23-21)14-18(27)25-12-10-24(11-13-25)17-7-5-16(22)6-8-17/h5-8,15H,2-4,9-14H2,1H3,(H,23,29)/t15-,21+/m0/s1. The zero-order valence-electron chi connectivity index (χ0n) is 16.7. The van der Waals surface area contributed by atoms with Gasteiger partial charge in [0.25, 0.3) is 5.91 Å². The summed E-state index contributed by atoms with van der Waals surface area (Å²) in [5.41, 5.74) is 0.0810. The average Bonchev–Trinajstić information content (AvgIpc) is 2.96. The number of hydrogen-bond donors (Lipinski definition) is 1. The van der Waals surface area contributed by atoms with Crippen molar-refractivity contribution in [3.63, 3.8) is 0 Å². The second-order valence-corrected chi connectivity index (χ2v) is 8.28. The van der Waals surface area contributed by atoms with E-state index >= 15 is 0 Å². The predicted octanol–water partition coefficient (Wildman–Crippen LogP) is 1.97. The van der Waals surface area contributed by atoms with E-state index < -0.39 is 11.6 Å². The van der Waals surface area contributed by atoms with Crippen molar-refractivity contribution in [1.82, 2.24) is 15.1 Å². The summed E-state index contributed by atoms with van der Waals surface area (Å²) in [6, 6.07) is 5.84. The van der Waals surface area contributed by atoms with Crippen LogP contribution in [0, 0.1) is 11.7 Å². The first-order chi connectivity index (χ1) is 13.9. The van der Waals surface area contributed by atoms with Crippen LogP contribution in [0.3, 0.4) is 0 Å². The Bertz CT molecular complexity index is 807. The number of imide groups is 1. The SMILES string of the molecule is C[C@H]1CCCC[C@@]12NC(=O)N(CC(=O)N1CCN(c3ccc(F)cc3)CC1)C2=O. The highest BCUT2D eigenvalue weighted by atomic mass is 19.1. The van der Waals surface area contributed by atoms with E-state index in [0.29, 0.717) is 32.6 Å². The zero-order valence-corrected chi connectivity index (χ0v) is 16.7. The number of carbonyl (C=O) groups is 3. The molecule has 4 rings (SSSR count). The van der Waals surface area contributed by atoms with Crippen LogP contribution in [-0.4, -0.2) is 65.9 Å². The number of nitrogens with zero attached hydrogens (tertiary/aromatic N) is 3. The average molecular weight is 402 g/mol. The number of halogens is 1. The summed E-state index contributed by atoms with van der Waals surface area (Å²) in [5, 5.41) is 2.89. The highest BCUT2D eigenvalue weighted by Gasteiger charge is 2.55. The third kappa shape index (κ3) is 3.56. The maximum absolute atomic E-state index is 13.1. The molecule has 3 aliphatic rings. The molecule has 1 aromatic carbocycles. The lowest BCUT2D eigenvalue weighted by Crippen LogP contribution is -2.55. The van der Waals surface area contributed by atoms with Crippen LogP contribution in [0.2, 0.25) is 0 Å². The van der Waals surface area contributed by atoms with E-state index in [-0.39, 0.29) is 30.1 Å². The first kappa shape index (κ1) is 19.7. The van der Waals surface area contributed by atoms with E-state index in [4.69, 9.17) is 0 Å². The molecule has 2 aliphatic heterocycles. The van der Waals surface area contributed by atoms with Crippen molar-refractivity contribution in [2.24, 2.45) is 5.92 Å². The van der Waals surface area contributed by atoms with Crippen molar-refractivity contribution in [1.29, 1.82) is 0 Å². The Balaban J connectivity index is 1.36. The van der Waals surface area contributed by atoms with Crippen molar-refractivity contribution >= 4 is 23.5 Å². The van der Waals surface area contributed by atoms with Gasteiger partial charge in [-0.15, -0.1) is 0 Å². The van der Waals surface area contributed by atoms with E-state index in [0.717, 1.165) is 29.8 Å². The monoisotopic (exact) mass is 402 g/mol. The largest absolute Gasteiger partial charge is 0.368 e. The van der Waals surface area contributed by atoms with Crippen LogP contribution in [0.15, 0.2) is 24.3 Å². The molecule has 1 saturated carbocycles. The van der Waals surface area contributed by atoms with Crippen molar-refractivity contribution in [2.45, 2.75) is 38.1 Å². The van der Waals surface area contributed by atoms with Crippen LogP contribution in [0.4, 0.5) is 14.9 Å². The number of hydrogen-bond acceptors (Lipinski definition) is 4. The molecule has 0 radical (unpaired) electrons. The van der Waals surface area contributed by atoms with Gasteiger partial charge in [0.2, 0.25) is 5.91 Å². The molecule has 4 amide bonds. The van der Waals surface area contributed by atoms with Gasteiger partial charge in [-0.3, -0.25) is 14.5 Å². The molecule has 0 bridgehead atoms. The lowest BCUT2D eigenvalue weighted by Gasteiger charge is -2.37. The first-order valence-corrected chi connectivity index (χ1v) is 10.3. The fourth-order valence-corrected chi connectivity index (χ4v) is 4.74. The summed E-state index contributed by atoms with van der Waals surface area (Å²) in [6.07, 6.45) is 3.51. The molecular formula is C21H27FN4O3. The van der Waals surface area contributed by atoms with E-state index in [1.165, 1.54) is 12.1 Å². The van der Waals surface area contributed by atoms with Crippen LogP contribution in [0.5, 0.6) is 0 Å². The van der Waals surface area contributed by atoms with Crippen LogP contribution in [-0.2, 0) is 9.59 Å². The van der Waals surface area contributed by atoms with Gasteiger partial charge in [0.1, 0.15) is 17.9 Å². The minimum absolute atomic E-state index is 0.0760. The number of urea groups is 1. The number of benzene rings is 1. The summed E-state index contributed by atoms with van der Waals surface area (Å²) in [6.45, 7) is 4.03. The van der Waals surface area contributed by atoms with Crippen LogP contribution in [0.1, 0.15) is 32.6 Å². The summed E-state index contributed by atoms with van der Waals surface area (Å²) < 4.78 is 13.1. The topological polar surface area (TPSA) is 73.0 Å². The van der Waals surface area contributed by atoms with Gasteiger partial charge in [-0.05, 0) is 43.0 Å². The first-order valence-electron chi connectivity index (χ1n) is 10.3. The Morgan fingerprint density at radius 2 is 1.83 bits per heavy atom. The van der Waals surface area contributed by atoms with Gasteiger partial charge in [-0.2, -0.15) is 0 Å². The van der Waals surface area contributed by atoms with E-state index in [2.05, 4.69) is 10.2 Å². The predicted molar refractivity (Wildman–Crippen MR) is 106 cm³/mol. The third-order valence-electron chi connectivity index (χ3n) is 6.62. The molecule has 1 aromatic rings. The number of rotatable bonds is 3. The normalized spacial score (nSPS) is 27.5. The zero-order chi connectivity index (χ0) is 20.6. The smallest absolute Gasteiger partial charge is 0.325 e. The summed E-state index contributed by atoms with van der Waals surface area (Å²) >= 11 is 0. The summed E-state index contributed by atoms with van der Waals surface area (Å²) in [5.74, 6) is -0.672. The molecule has 1 N–H and O–H groups in total. The maximum Gasteiger partial charge on any atom is 0.325 e. The second-order valence-electron chi connectivity index (χ2n) is 8.28. The Kier molecular flexibility index (Phi) is 5.19. The molecule has 2 heterocycles. The number of nitrogens with one attached hydrogen (secondary N) is 1. The van der Waals surface area contributed by atoms with Crippen molar-refractivity contribution < 1.29 is 18.8 Å². The maximum atomic E-state index is 13.1. The Morgan fingerprint density at radius 1 is 1.14 bits per heavy atom. The van der Waals surface area contributed by atoms with Gasteiger partial charge in [0.15, 0.2) is 0 Å². The molecule has 0 aromatic heterocycles. The fraction of sp³-hybridized carbons (Fsp3) is 0.571. The number of anilines is 1. The minimum atomic E-state index is -0.836. The van der Waals surface area contributed by atoms with Gasteiger partial charge in [0, 0.05) is 31.9 Å².